The number of methoxy groups -OCH3 is 3. The maximum Gasteiger partial charge on any atom is 0.194 e. The van der Waals surface area contributed by atoms with Gasteiger partial charge < -0.3 is 33.2 Å². The monoisotopic (exact) mass is 414 g/mol. The molecule has 0 amide bonds. The van der Waals surface area contributed by atoms with E-state index in [1.54, 1.807) is 21.3 Å². The highest BCUT2D eigenvalue weighted by Crippen LogP contribution is 2.19. The second-order valence-corrected chi connectivity index (χ2v) is 5.57. The Kier molecular flexibility index (Phi) is 16.4. The van der Waals surface area contributed by atoms with Crippen molar-refractivity contribution in [2.24, 2.45) is 0 Å². The molecule has 0 unspecified atom stereocenters. The van der Waals surface area contributed by atoms with Crippen LogP contribution in [0.4, 0.5) is 0 Å². The van der Waals surface area contributed by atoms with E-state index in [2.05, 4.69) is 22.0 Å². The lowest BCUT2D eigenvalue weighted by atomic mass is 10.1. The number of alkyl halides is 1. The van der Waals surface area contributed by atoms with E-state index < -0.39 is 5.79 Å². The number of rotatable bonds is 17. The van der Waals surface area contributed by atoms with Gasteiger partial charge in [-0.1, -0.05) is 27.6 Å². The molecule has 0 aliphatic carbocycles. The maximum atomic E-state index is 5.59. The van der Waals surface area contributed by atoms with Gasteiger partial charge in [0.2, 0.25) is 0 Å². The molecule has 0 atom stereocenters. The molecule has 0 rings (SSSR count). The minimum absolute atomic E-state index is 0.156. The van der Waals surface area contributed by atoms with Crippen LogP contribution >= 0.6 is 15.9 Å². The minimum Gasteiger partial charge on any atom is -0.382 e. The largest absolute Gasteiger partial charge is 0.382 e. The molecule has 24 heavy (non-hydrogen) atoms. The molecule has 0 saturated carbocycles. The van der Waals surface area contributed by atoms with Gasteiger partial charge in [0, 0.05) is 33.1 Å². The predicted octanol–water partition coefficient (Wildman–Crippen LogP) is 2.33. The summed E-state index contributed by atoms with van der Waals surface area (Å²) in [7, 11) is 4.84. The fourth-order valence-corrected chi connectivity index (χ4v) is 1.80. The molecule has 0 heterocycles. The van der Waals surface area contributed by atoms with Crippen LogP contribution in [-0.2, 0) is 33.2 Å². The molecule has 0 spiro atoms. The van der Waals surface area contributed by atoms with E-state index in [-0.39, 0.29) is 13.6 Å². The Balaban J connectivity index is 3.74. The molecule has 144 valence electrons. The first-order valence-corrected chi connectivity index (χ1v) is 8.88. The lowest BCUT2D eigenvalue weighted by molar-refractivity contribution is -0.235. The van der Waals surface area contributed by atoms with Crippen molar-refractivity contribution in [2.45, 2.75) is 19.1 Å². The molecular formula is C16H31BrO7. The van der Waals surface area contributed by atoms with Gasteiger partial charge in [-0.2, -0.15) is 0 Å². The van der Waals surface area contributed by atoms with Gasteiger partial charge in [-0.25, -0.2) is 0 Å². The Morgan fingerprint density at radius 2 is 1.46 bits per heavy atom. The Morgan fingerprint density at radius 3 is 2.00 bits per heavy atom. The molecule has 0 N–H and O–H groups in total. The summed E-state index contributed by atoms with van der Waals surface area (Å²) in [5.74, 6) is -0.783. The fourth-order valence-electron chi connectivity index (χ4n) is 1.57. The highest BCUT2D eigenvalue weighted by molar-refractivity contribution is 9.09. The third-order valence-corrected chi connectivity index (χ3v) is 4.06. The Bertz CT molecular complexity index is 309. The molecule has 0 aliphatic heterocycles. The zero-order valence-corrected chi connectivity index (χ0v) is 16.8. The Morgan fingerprint density at radius 1 is 0.875 bits per heavy atom. The summed E-state index contributed by atoms with van der Waals surface area (Å²) in [6.45, 7) is 4.57. The van der Waals surface area contributed by atoms with Gasteiger partial charge in [0.05, 0.1) is 26.4 Å². The Hall–Kier alpha value is -0.0600. The normalized spacial score (nSPS) is 12.8. The van der Waals surface area contributed by atoms with Gasteiger partial charge in [-0.05, 0) is 6.92 Å². The summed E-state index contributed by atoms with van der Waals surface area (Å²) in [5.41, 5.74) is 1.21. The standard InChI is InChI=1S/C16H31BrO7/c1-15(11-17)5-6-16(19-3,20-4)12-21-9-10-23-14-24-13-22-8-7-18-2/h5H,6-14H2,1-4H3/b15-5+. The van der Waals surface area contributed by atoms with Crippen molar-refractivity contribution < 1.29 is 33.2 Å². The van der Waals surface area contributed by atoms with Crippen LogP contribution in [0.3, 0.4) is 0 Å². The van der Waals surface area contributed by atoms with Gasteiger partial charge in [-0.15, -0.1) is 0 Å². The van der Waals surface area contributed by atoms with Gasteiger partial charge in [0.1, 0.15) is 20.2 Å². The summed E-state index contributed by atoms with van der Waals surface area (Å²) >= 11 is 3.41. The third-order valence-electron chi connectivity index (χ3n) is 3.18. The van der Waals surface area contributed by atoms with Crippen molar-refractivity contribution >= 4 is 15.9 Å². The SMILES string of the molecule is COCCOCOCOCCOCC(C/C=C(\C)CBr)(OC)OC. The number of ether oxygens (including phenoxy) is 7. The van der Waals surface area contributed by atoms with Crippen LogP contribution in [0.2, 0.25) is 0 Å². The second-order valence-electron chi connectivity index (χ2n) is 5.01. The topological polar surface area (TPSA) is 64.6 Å². The summed E-state index contributed by atoms with van der Waals surface area (Å²) in [4.78, 5) is 0. The average Bonchev–Trinajstić information content (AvgIpc) is 2.62. The van der Waals surface area contributed by atoms with E-state index in [9.17, 15) is 0 Å². The number of hydrogen-bond donors (Lipinski definition) is 0. The van der Waals surface area contributed by atoms with Gasteiger partial charge in [0.15, 0.2) is 5.79 Å². The van der Waals surface area contributed by atoms with Gasteiger partial charge in [-0.3, -0.25) is 0 Å². The predicted molar refractivity (Wildman–Crippen MR) is 94.3 cm³/mol. The van der Waals surface area contributed by atoms with Crippen molar-refractivity contribution in [1.82, 2.24) is 0 Å². The molecule has 0 aromatic carbocycles. The number of allylic oxidation sites excluding steroid dienone is 1. The van der Waals surface area contributed by atoms with Crippen LogP contribution < -0.4 is 0 Å². The molecule has 0 bridgehead atoms. The molecule has 8 heteroatoms. The molecule has 0 fully saturated rings. The molecule has 0 saturated heterocycles. The van der Waals surface area contributed by atoms with Crippen molar-refractivity contribution in [3.05, 3.63) is 11.6 Å². The van der Waals surface area contributed by atoms with Crippen LogP contribution in [0.25, 0.3) is 0 Å². The fraction of sp³-hybridized carbons (Fsp3) is 0.875. The first-order chi connectivity index (χ1) is 11.6. The zero-order chi connectivity index (χ0) is 18.1. The minimum atomic E-state index is -0.783. The van der Waals surface area contributed by atoms with Crippen molar-refractivity contribution in [3.63, 3.8) is 0 Å². The molecule has 0 aliphatic rings. The van der Waals surface area contributed by atoms with Crippen LogP contribution in [-0.4, -0.2) is 79.1 Å². The van der Waals surface area contributed by atoms with Crippen LogP contribution in [0.5, 0.6) is 0 Å². The van der Waals surface area contributed by atoms with Crippen molar-refractivity contribution in [3.8, 4) is 0 Å². The van der Waals surface area contributed by atoms with E-state index in [0.717, 1.165) is 5.33 Å². The van der Waals surface area contributed by atoms with E-state index >= 15 is 0 Å². The van der Waals surface area contributed by atoms with Gasteiger partial charge >= 0.3 is 0 Å². The van der Waals surface area contributed by atoms with Crippen LogP contribution in [0.1, 0.15) is 13.3 Å². The summed E-state index contributed by atoms with van der Waals surface area (Å²) < 4.78 is 36.9. The van der Waals surface area contributed by atoms with E-state index in [0.29, 0.717) is 39.5 Å². The van der Waals surface area contributed by atoms with E-state index in [1.165, 1.54) is 5.57 Å². The smallest absolute Gasteiger partial charge is 0.194 e. The summed E-state index contributed by atoms with van der Waals surface area (Å²) in [5, 5.41) is 0.820. The first-order valence-electron chi connectivity index (χ1n) is 7.76. The van der Waals surface area contributed by atoms with Crippen LogP contribution in [0.15, 0.2) is 11.6 Å². The lowest BCUT2D eigenvalue weighted by Crippen LogP contribution is -2.39. The molecule has 0 aromatic heterocycles. The summed E-state index contributed by atoms with van der Waals surface area (Å²) in [6, 6.07) is 0. The molecule has 0 radical (unpaired) electrons. The number of hydrogen-bond acceptors (Lipinski definition) is 7. The zero-order valence-electron chi connectivity index (χ0n) is 15.2. The van der Waals surface area contributed by atoms with Gasteiger partial charge in [0.25, 0.3) is 0 Å². The highest BCUT2D eigenvalue weighted by atomic mass is 79.9. The second kappa shape index (κ2) is 16.4. The highest BCUT2D eigenvalue weighted by Gasteiger charge is 2.28. The first kappa shape index (κ1) is 23.9. The maximum absolute atomic E-state index is 5.59. The van der Waals surface area contributed by atoms with Crippen LogP contribution in [0, 0.1) is 0 Å². The summed E-state index contributed by atoms with van der Waals surface area (Å²) in [6.07, 6.45) is 2.68. The quantitative estimate of drug-likeness (QED) is 0.156. The Labute approximate surface area is 153 Å². The average molecular weight is 415 g/mol. The van der Waals surface area contributed by atoms with Crippen molar-refractivity contribution in [2.75, 3.05) is 73.3 Å². The lowest BCUT2D eigenvalue weighted by Gasteiger charge is -2.29. The number of halogens is 1. The van der Waals surface area contributed by atoms with E-state index in [4.69, 9.17) is 33.2 Å². The third kappa shape index (κ3) is 12.3. The molecular weight excluding hydrogens is 384 g/mol. The molecule has 7 nitrogen and oxygen atoms in total. The molecule has 0 aromatic rings. The van der Waals surface area contributed by atoms with Crippen molar-refractivity contribution in [1.29, 1.82) is 0 Å². The van der Waals surface area contributed by atoms with E-state index in [1.807, 2.05) is 6.92 Å².